The topological polar surface area (TPSA) is 89.5 Å². The van der Waals surface area contributed by atoms with E-state index >= 15 is 0 Å². The van der Waals surface area contributed by atoms with Crippen molar-refractivity contribution in [2.75, 3.05) is 20.8 Å². The van der Waals surface area contributed by atoms with Crippen LogP contribution in [-0.4, -0.2) is 41.7 Å². The van der Waals surface area contributed by atoms with Gasteiger partial charge in [0.05, 0.1) is 24.5 Å². The number of rotatable bonds is 9. The van der Waals surface area contributed by atoms with Crippen LogP contribution in [0.15, 0.2) is 9.52 Å². The fourth-order valence-corrected chi connectivity index (χ4v) is 3.09. The first-order valence-electron chi connectivity index (χ1n) is 9.48. The maximum atomic E-state index is 5.43. The lowest BCUT2D eigenvalue weighted by Gasteiger charge is -2.12. The van der Waals surface area contributed by atoms with E-state index in [9.17, 15) is 0 Å². The summed E-state index contributed by atoms with van der Waals surface area (Å²) in [7, 11) is 3.47. The van der Waals surface area contributed by atoms with Crippen LogP contribution in [0.3, 0.4) is 0 Å². The van der Waals surface area contributed by atoms with Gasteiger partial charge in [-0.3, -0.25) is 9.67 Å². The number of nitrogens with one attached hydrogen (secondary N) is 2. The Morgan fingerprint density at radius 1 is 1.14 bits per heavy atom. The SMILES string of the molecule is CCc1noc(CC)c1CNC(=NC)NCc1c(C)nn(CCOC)c1C.I. The molecule has 0 aliphatic rings. The van der Waals surface area contributed by atoms with Crippen molar-refractivity contribution in [1.82, 2.24) is 25.6 Å². The number of methoxy groups -OCH3 is 1. The van der Waals surface area contributed by atoms with Gasteiger partial charge in [-0.1, -0.05) is 19.0 Å². The van der Waals surface area contributed by atoms with Gasteiger partial charge in [0.25, 0.3) is 0 Å². The van der Waals surface area contributed by atoms with Crippen LogP contribution in [-0.2, 0) is 37.2 Å². The van der Waals surface area contributed by atoms with E-state index in [1.165, 1.54) is 5.56 Å². The molecule has 0 aliphatic heterocycles. The maximum Gasteiger partial charge on any atom is 0.191 e. The molecule has 158 valence electrons. The minimum Gasteiger partial charge on any atom is -0.383 e. The minimum absolute atomic E-state index is 0. The van der Waals surface area contributed by atoms with E-state index in [0.717, 1.165) is 53.8 Å². The second-order valence-electron chi connectivity index (χ2n) is 6.38. The van der Waals surface area contributed by atoms with Gasteiger partial charge in [-0.15, -0.1) is 24.0 Å². The number of hydrogen-bond acceptors (Lipinski definition) is 5. The van der Waals surface area contributed by atoms with E-state index in [1.807, 2.05) is 11.6 Å². The van der Waals surface area contributed by atoms with Crippen LogP contribution in [0.4, 0.5) is 0 Å². The lowest BCUT2D eigenvalue weighted by molar-refractivity contribution is 0.182. The predicted octanol–water partition coefficient (Wildman–Crippen LogP) is 2.74. The summed E-state index contributed by atoms with van der Waals surface area (Å²) in [6.07, 6.45) is 1.68. The molecule has 0 radical (unpaired) electrons. The van der Waals surface area contributed by atoms with Gasteiger partial charge in [0.2, 0.25) is 0 Å². The predicted molar refractivity (Wildman–Crippen MR) is 121 cm³/mol. The second-order valence-corrected chi connectivity index (χ2v) is 6.38. The largest absolute Gasteiger partial charge is 0.383 e. The monoisotopic (exact) mass is 504 g/mol. The quantitative estimate of drug-likeness (QED) is 0.310. The van der Waals surface area contributed by atoms with Crippen LogP contribution in [0.2, 0.25) is 0 Å². The third kappa shape index (κ3) is 5.94. The third-order valence-corrected chi connectivity index (χ3v) is 4.73. The number of nitrogens with zero attached hydrogens (tertiary/aromatic N) is 4. The fourth-order valence-electron chi connectivity index (χ4n) is 3.09. The summed E-state index contributed by atoms with van der Waals surface area (Å²) < 4.78 is 12.6. The van der Waals surface area contributed by atoms with Gasteiger partial charge in [-0.2, -0.15) is 5.10 Å². The first-order valence-corrected chi connectivity index (χ1v) is 9.48. The van der Waals surface area contributed by atoms with Gasteiger partial charge in [-0.25, -0.2) is 0 Å². The first-order chi connectivity index (χ1) is 13.0. The van der Waals surface area contributed by atoms with Gasteiger partial charge in [0.1, 0.15) is 5.76 Å². The number of halogens is 1. The number of aliphatic imine (C=N–C) groups is 1. The Morgan fingerprint density at radius 2 is 1.82 bits per heavy atom. The molecule has 0 saturated carbocycles. The molecule has 0 saturated heterocycles. The normalized spacial score (nSPS) is 11.4. The molecular formula is C19H33IN6O2. The Kier molecular flexibility index (Phi) is 10.5. The summed E-state index contributed by atoms with van der Waals surface area (Å²) in [6.45, 7) is 11.0. The Morgan fingerprint density at radius 3 is 2.39 bits per heavy atom. The fraction of sp³-hybridized carbons (Fsp3) is 0.632. The number of guanidine groups is 1. The number of aromatic nitrogens is 3. The van der Waals surface area contributed by atoms with Crippen LogP contribution in [0, 0.1) is 13.8 Å². The van der Waals surface area contributed by atoms with E-state index in [0.29, 0.717) is 19.7 Å². The Bertz CT molecular complexity index is 747. The van der Waals surface area contributed by atoms with Crippen molar-refractivity contribution in [3.63, 3.8) is 0 Å². The minimum atomic E-state index is 0. The lowest BCUT2D eigenvalue weighted by Crippen LogP contribution is -2.36. The van der Waals surface area contributed by atoms with Crippen LogP contribution < -0.4 is 10.6 Å². The second kappa shape index (κ2) is 12.1. The number of hydrogen-bond donors (Lipinski definition) is 2. The van der Waals surface area contributed by atoms with Gasteiger partial charge in [0.15, 0.2) is 5.96 Å². The van der Waals surface area contributed by atoms with E-state index in [-0.39, 0.29) is 24.0 Å². The third-order valence-electron chi connectivity index (χ3n) is 4.73. The van der Waals surface area contributed by atoms with Crippen molar-refractivity contribution < 1.29 is 9.26 Å². The van der Waals surface area contributed by atoms with Crippen LogP contribution >= 0.6 is 24.0 Å². The average Bonchev–Trinajstić information content (AvgIpc) is 3.20. The van der Waals surface area contributed by atoms with E-state index in [4.69, 9.17) is 9.26 Å². The molecule has 0 amide bonds. The zero-order valence-corrected chi connectivity index (χ0v) is 20.1. The highest BCUT2D eigenvalue weighted by Gasteiger charge is 2.15. The van der Waals surface area contributed by atoms with Crippen molar-refractivity contribution in [3.05, 3.63) is 34.0 Å². The molecule has 0 aliphatic carbocycles. The number of aryl methyl sites for hydroxylation is 3. The van der Waals surface area contributed by atoms with Crippen molar-refractivity contribution in [3.8, 4) is 0 Å². The molecule has 0 unspecified atom stereocenters. The standard InChI is InChI=1S/C19H32N6O2.HI/c1-7-17-16(18(8-2)27-24-17)12-22-19(20-5)21-11-15-13(3)23-25(14(15)4)9-10-26-6;/h7-12H2,1-6H3,(H2,20,21,22);1H. The molecule has 2 rings (SSSR count). The summed E-state index contributed by atoms with van der Waals surface area (Å²) in [5.41, 5.74) is 5.48. The molecule has 9 heteroatoms. The van der Waals surface area contributed by atoms with E-state index in [1.54, 1.807) is 14.2 Å². The summed E-state index contributed by atoms with van der Waals surface area (Å²) in [6, 6.07) is 0. The summed E-state index contributed by atoms with van der Waals surface area (Å²) in [4.78, 5) is 4.33. The van der Waals surface area contributed by atoms with Gasteiger partial charge < -0.3 is 19.9 Å². The molecule has 0 bridgehead atoms. The highest BCUT2D eigenvalue weighted by atomic mass is 127. The molecule has 0 fully saturated rings. The zero-order valence-electron chi connectivity index (χ0n) is 17.8. The molecule has 0 aromatic carbocycles. The van der Waals surface area contributed by atoms with Gasteiger partial charge in [0, 0.05) is 50.5 Å². The number of ether oxygens (including phenoxy) is 1. The molecular weight excluding hydrogens is 471 g/mol. The van der Waals surface area contributed by atoms with E-state index < -0.39 is 0 Å². The first kappa shape index (κ1) is 24.4. The van der Waals surface area contributed by atoms with Gasteiger partial charge in [-0.05, 0) is 20.3 Å². The smallest absolute Gasteiger partial charge is 0.191 e. The Balaban J connectivity index is 0.00000392. The highest BCUT2D eigenvalue weighted by molar-refractivity contribution is 14.0. The van der Waals surface area contributed by atoms with Crippen molar-refractivity contribution in [2.45, 2.75) is 60.2 Å². The van der Waals surface area contributed by atoms with Crippen molar-refractivity contribution in [1.29, 1.82) is 0 Å². The lowest BCUT2D eigenvalue weighted by atomic mass is 10.1. The van der Waals surface area contributed by atoms with Crippen LogP contribution in [0.1, 0.15) is 47.8 Å². The van der Waals surface area contributed by atoms with E-state index in [2.05, 4.69) is 46.7 Å². The molecule has 2 aromatic heterocycles. The van der Waals surface area contributed by atoms with Crippen molar-refractivity contribution in [2.24, 2.45) is 4.99 Å². The Hall–Kier alpha value is -1.62. The molecule has 2 aromatic rings. The summed E-state index contributed by atoms with van der Waals surface area (Å²) >= 11 is 0. The maximum absolute atomic E-state index is 5.43. The van der Waals surface area contributed by atoms with Crippen LogP contribution in [0.5, 0.6) is 0 Å². The summed E-state index contributed by atoms with van der Waals surface area (Å²) in [5, 5.41) is 15.5. The van der Waals surface area contributed by atoms with Crippen molar-refractivity contribution >= 4 is 29.9 Å². The molecule has 8 nitrogen and oxygen atoms in total. The average molecular weight is 504 g/mol. The summed E-state index contributed by atoms with van der Waals surface area (Å²) in [5.74, 6) is 1.67. The highest BCUT2D eigenvalue weighted by Crippen LogP contribution is 2.16. The zero-order chi connectivity index (χ0) is 19.8. The molecule has 2 N–H and O–H groups in total. The van der Waals surface area contributed by atoms with Gasteiger partial charge >= 0.3 is 0 Å². The molecule has 2 heterocycles. The Labute approximate surface area is 184 Å². The molecule has 0 spiro atoms. The molecule has 0 atom stereocenters. The molecule has 28 heavy (non-hydrogen) atoms. The van der Waals surface area contributed by atoms with Crippen LogP contribution in [0.25, 0.3) is 0 Å².